The molecule has 0 spiro atoms. The van der Waals surface area contributed by atoms with Crippen LogP contribution in [0.15, 0.2) is 60.7 Å². The average Bonchev–Trinajstić information content (AvgIpc) is 2.82. The summed E-state index contributed by atoms with van der Waals surface area (Å²) in [5.74, 6) is -0.390. The van der Waals surface area contributed by atoms with Crippen molar-refractivity contribution in [3.63, 3.8) is 0 Å². The van der Waals surface area contributed by atoms with Gasteiger partial charge in [-0.2, -0.15) is 0 Å². The Morgan fingerprint density at radius 1 is 0.476 bits per heavy atom. The van der Waals surface area contributed by atoms with Gasteiger partial charge in [-0.05, 0) is 0 Å². The molecule has 0 heterocycles. The van der Waals surface area contributed by atoms with E-state index >= 15 is 0 Å². The summed E-state index contributed by atoms with van der Waals surface area (Å²) in [6.07, 6.45) is -0.101. The van der Waals surface area contributed by atoms with E-state index < -0.39 is 13.9 Å². The number of rotatable bonds is 4. The summed E-state index contributed by atoms with van der Waals surface area (Å²) in [6, 6.07) is 22.4. The second-order valence-corrected chi connectivity index (χ2v) is 18.5. The predicted octanol–water partition coefficient (Wildman–Crippen LogP) is 9.79. The third kappa shape index (κ3) is 7.08. The molecule has 0 bridgehead atoms. The molecule has 0 radical (unpaired) electrons. The first-order valence-corrected chi connectivity index (χ1v) is 17.3. The Morgan fingerprint density at radius 2 is 0.833 bits per heavy atom. The summed E-state index contributed by atoms with van der Waals surface area (Å²) in [4.78, 5) is 31.9. The molecule has 0 aliphatic rings. The molecule has 0 saturated carbocycles. The summed E-state index contributed by atoms with van der Waals surface area (Å²) in [6.45, 7) is 26.7. The van der Waals surface area contributed by atoms with Crippen LogP contribution in [0.4, 0.5) is 0 Å². The summed E-state index contributed by atoms with van der Waals surface area (Å²) in [7, 11) is -4.45. The van der Waals surface area contributed by atoms with E-state index in [-0.39, 0.29) is 27.8 Å². The Bertz CT molecular complexity index is 1500. The summed E-state index contributed by atoms with van der Waals surface area (Å²) < 4.78 is 0. The zero-order valence-corrected chi connectivity index (χ0v) is 28.9. The summed E-state index contributed by atoms with van der Waals surface area (Å²) >= 11 is 0. The zero-order valence-electron chi connectivity index (χ0n) is 27.9. The van der Waals surface area contributed by atoms with Crippen molar-refractivity contribution in [3.8, 4) is 0 Å². The first kappa shape index (κ1) is 32.6. The SMILES string of the molecule is CC(C)(C)c1ccc2cc(C(C[PH](O)(O)O)c3cc4ccc(C(C)(C)C)cc4cc3C(C)(C)C)c(C(C)(C)C)cc2c1. The fourth-order valence-corrected chi connectivity index (χ4v) is 7.09. The molecular formula is C38H53O3P. The molecule has 4 aromatic carbocycles. The normalized spacial score (nSPS) is 14.3. The number of benzene rings is 4. The molecule has 4 aromatic rings. The Balaban J connectivity index is 2.08. The van der Waals surface area contributed by atoms with Crippen molar-refractivity contribution < 1.29 is 14.7 Å². The minimum atomic E-state index is -4.45. The van der Waals surface area contributed by atoms with Crippen molar-refractivity contribution in [2.75, 3.05) is 6.16 Å². The maximum atomic E-state index is 10.6. The molecule has 0 aromatic heterocycles. The van der Waals surface area contributed by atoms with E-state index in [2.05, 4.69) is 144 Å². The third-order valence-electron chi connectivity index (χ3n) is 8.59. The van der Waals surface area contributed by atoms with Gasteiger partial charge < -0.3 is 0 Å². The van der Waals surface area contributed by atoms with Crippen molar-refractivity contribution in [3.05, 3.63) is 94.0 Å². The molecule has 0 aliphatic heterocycles. The standard InChI is InChI=1S/C38H53O3P/c1-35(2,3)28-15-13-24-19-30(33(37(7,8)9)21-26(24)17-28)32(23-42(39,40)41)31-20-25-14-16-29(36(4,5)6)18-27(25)22-34(31)38(10,11)12/h13-22,32,39-42H,23H2,1-12H3. The third-order valence-corrected chi connectivity index (χ3v) is 9.55. The van der Waals surface area contributed by atoms with Gasteiger partial charge in [-0.3, -0.25) is 0 Å². The van der Waals surface area contributed by atoms with Gasteiger partial charge in [0.2, 0.25) is 0 Å². The van der Waals surface area contributed by atoms with E-state index in [1.165, 1.54) is 21.9 Å². The predicted molar refractivity (Wildman–Crippen MR) is 184 cm³/mol. The molecule has 0 amide bonds. The molecule has 0 unspecified atom stereocenters. The molecule has 0 aliphatic carbocycles. The number of hydrogen-bond acceptors (Lipinski definition) is 3. The molecule has 228 valence electrons. The van der Waals surface area contributed by atoms with Crippen LogP contribution in [0.2, 0.25) is 0 Å². The van der Waals surface area contributed by atoms with Crippen LogP contribution in [0.3, 0.4) is 0 Å². The van der Waals surface area contributed by atoms with Gasteiger partial charge in [-0.25, -0.2) is 0 Å². The van der Waals surface area contributed by atoms with E-state index in [0.717, 1.165) is 33.0 Å². The Hall–Kier alpha value is -2.29. The average molecular weight is 589 g/mol. The van der Waals surface area contributed by atoms with E-state index in [4.69, 9.17) is 0 Å². The van der Waals surface area contributed by atoms with Gasteiger partial charge in [0.15, 0.2) is 0 Å². The maximum absolute atomic E-state index is 10.6. The van der Waals surface area contributed by atoms with Crippen molar-refractivity contribution in [2.24, 2.45) is 0 Å². The van der Waals surface area contributed by atoms with Crippen molar-refractivity contribution in [2.45, 2.75) is 111 Å². The Kier molecular flexibility index (Phi) is 8.31. The molecule has 3 nitrogen and oxygen atoms in total. The fraction of sp³-hybridized carbons (Fsp3) is 0.474. The molecule has 42 heavy (non-hydrogen) atoms. The minimum absolute atomic E-state index is 0.0344. The van der Waals surface area contributed by atoms with Gasteiger partial charge in [0.25, 0.3) is 0 Å². The van der Waals surface area contributed by atoms with Crippen molar-refractivity contribution in [1.82, 2.24) is 0 Å². The van der Waals surface area contributed by atoms with Crippen LogP contribution in [-0.2, 0) is 21.7 Å². The Morgan fingerprint density at radius 3 is 1.12 bits per heavy atom. The van der Waals surface area contributed by atoms with Crippen LogP contribution < -0.4 is 0 Å². The molecule has 0 saturated heterocycles. The van der Waals surface area contributed by atoms with E-state index in [0.29, 0.717) is 0 Å². The van der Waals surface area contributed by atoms with Crippen LogP contribution in [-0.4, -0.2) is 20.8 Å². The Labute approximate surface area is 254 Å². The first-order chi connectivity index (χ1) is 18.9. The van der Waals surface area contributed by atoms with E-state index in [9.17, 15) is 14.7 Å². The van der Waals surface area contributed by atoms with Gasteiger partial charge in [-0.1, -0.05) is 0 Å². The number of fused-ring (bicyclic) bond motifs is 2. The second kappa shape index (κ2) is 10.7. The summed E-state index contributed by atoms with van der Waals surface area (Å²) in [5, 5.41) is 4.59. The van der Waals surface area contributed by atoms with Gasteiger partial charge in [-0.15, -0.1) is 0 Å². The van der Waals surface area contributed by atoms with E-state index in [1.807, 2.05) is 0 Å². The van der Waals surface area contributed by atoms with Crippen LogP contribution in [0.5, 0.6) is 0 Å². The van der Waals surface area contributed by atoms with Gasteiger partial charge in [0.1, 0.15) is 0 Å². The zero-order chi connectivity index (χ0) is 31.6. The van der Waals surface area contributed by atoms with Crippen LogP contribution >= 0.6 is 7.94 Å². The topological polar surface area (TPSA) is 60.7 Å². The van der Waals surface area contributed by atoms with E-state index in [1.54, 1.807) is 0 Å². The van der Waals surface area contributed by atoms with Crippen molar-refractivity contribution >= 4 is 29.5 Å². The van der Waals surface area contributed by atoms with Crippen LogP contribution in [0.1, 0.15) is 122 Å². The fourth-order valence-electron chi connectivity index (χ4n) is 6.10. The second-order valence-electron chi connectivity index (χ2n) is 16.5. The molecule has 0 atom stereocenters. The van der Waals surface area contributed by atoms with Crippen LogP contribution in [0, 0.1) is 0 Å². The molecule has 3 N–H and O–H groups in total. The van der Waals surface area contributed by atoms with Crippen LogP contribution in [0.25, 0.3) is 21.5 Å². The molecule has 4 heteroatoms. The van der Waals surface area contributed by atoms with Gasteiger partial charge in [0, 0.05) is 0 Å². The quantitative estimate of drug-likeness (QED) is 0.208. The molecule has 0 fully saturated rings. The number of hydrogen-bond donors (Lipinski definition) is 3. The first-order valence-electron chi connectivity index (χ1n) is 15.3. The van der Waals surface area contributed by atoms with Gasteiger partial charge in [0.05, 0.1) is 0 Å². The van der Waals surface area contributed by atoms with Crippen molar-refractivity contribution in [1.29, 1.82) is 0 Å². The van der Waals surface area contributed by atoms with Gasteiger partial charge >= 0.3 is 255 Å². The molecule has 4 rings (SSSR count). The monoisotopic (exact) mass is 588 g/mol. The molecular weight excluding hydrogens is 535 g/mol. The summed E-state index contributed by atoms with van der Waals surface area (Å²) in [5.41, 5.74) is 6.64.